The number of ether oxygens (including phenoxy) is 1. The Morgan fingerprint density at radius 1 is 1.12 bits per heavy atom. The molecular formula is C18H18N4O3S. The summed E-state index contributed by atoms with van der Waals surface area (Å²) in [5.74, 6) is 0.279. The number of hydrogen-bond acceptors (Lipinski definition) is 4. The lowest BCUT2D eigenvalue weighted by atomic mass is 10.2. The van der Waals surface area contributed by atoms with E-state index in [0.29, 0.717) is 28.0 Å². The van der Waals surface area contributed by atoms with Gasteiger partial charge in [-0.3, -0.25) is 10.1 Å². The van der Waals surface area contributed by atoms with E-state index in [-0.39, 0.29) is 22.8 Å². The van der Waals surface area contributed by atoms with Crippen LogP contribution in [0.15, 0.2) is 47.3 Å². The summed E-state index contributed by atoms with van der Waals surface area (Å²) in [7, 11) is 0. The van der Waals surface area contributed by atoms with Gasteiger partial charge >= 0.3 is 5.69 Å². The van der Waals surface area contributed by atoms with Crippen molar-refractivity contribution in [2.24, 2.45) is 0 Å². The van der Waals surface area contributed by atoms with Crippen molar-refractivity contribution in [3.8, 4) is 5.75 Å². The Morgan fingerprint density at radius 3 is 2.65 bits per heavy atom. The van der Waals surface area contributed by atoms with Crippen LogP contribution >= 0.6 is 12.2 Å². The second-order valence-corrected chi connectivity index (χ2v) is 6.35. The molecule has 0 radical (unpaired) electrons. The number of rotatable bonds is 4. The summed E-state index contributed by atoms with van der Waals surface area (Å²) in [5, 5.41) is 5.70. The van der Waals surface area contributed by atoms with Crippen molar-refractivity contribution in [1.82, 2.24) is 15.3 Å². The normalized spacial score (nSPS) is 10.7. The van der Waals surface area contributed by atoms with Crippen molar-refractivity contribution in [2.75, 3.05) is 5.32 Å². The quantitative estimate of drug-likeness (QED) is 0.529. The lowest BCUT2D eigenvalue weighted by Gasteiger charge is -2.12. The first-order valence-corrected chi connectivity index (χ1v) is 8.42. The summed E-state index contributed by atoms with van der Waals surface area (Å²) in [6, 6.07) is 12.1. The summed E-state index contributed by atoms with van der Waals surface area (Å²) < 4.78 is 5.59. The Morgan fingerprint density at radius 2 is 1.88 bits per heavy atom. The molecule has 0 bridgehead atoms. The molecule has 1 heterocycles. The SMILES string of the molecule is CC(C)Oc1cccc(C(=O)NC(=S)Nc2ccc3[nH]c(=O)[nH]c3c2)c1. The highest BCUT2D eigenvalue weighted by atomic mass is 32.1. The highest BCUT2D eigenvalue weighted by molar-refractivity contribution is 7.80. The van der Waals surface area contributed by atoms with Crippen LogP contribution in [0.5, 0.6) is 5.75 Å². The summed E-state index contributed by atoms with van der Waals surface area (Å²) >= 11 is 5.19. The van der Waals surface area contributed by atoms with Crippen LogP contribution in [-0.4, -0.2) is 27.1 Å². The Labute approximate surface area is 154 Å². The molecule has 0 aliphatic carbocycles. The van der Waals surface area contributed by atoms with Crippen molar-refractivity contribution in [2.45, 2.75) is 20.0 Å². The van der Waals surface area contributed by atoms with Crippen molar-refractivity contribution >= 4 is 40.0 Å². The smallest absolute Gasteiger partial charge is 0.323 e. The number of anilines is 1. The molecule has 0 spiro atoms. The molecule has 0 aliphatic rings. The molecule has 0 aliphatic heterocycles. The molecule has 3 rings (SSSR count). The molecule has 0 saturated heterocycles. The number of amides is 1. The van der Waals surface area contributed by atoms with Crippen LogP contribution in [0.25, 0.3) is 11.0 Å². The topological polar surface area (TPSA) is 99.0 Å². The Hall–Kier alpha value is -3.13. The minimum atomic E-state index is -0.340. The first kappa shape index (κ1) is 17.7. The number of hydrogen-bond donors (Lipinski definition) is 4. The van der Waals surface area contributed by atoms with Crippen LogP contribution in [-0.2, 0) is 0 Å². The van der Waals surface area contributed by atoms with Crippen molar-refractivity contribution in [3.63, 3.8) is 0 Å². The van der Waals surface area contributed by atoms with Crippen LogP contribution in [0.1, 0.15) is 24.2 Å². The van der Waals surface area contributed by atoms with E-state index in [2.05, 4.69) is 20.6 Å². The van der Waals surface area contributed by atoms with Gasteiger partial charge in [-0.25, -0.2) is 4.79 Å². The molecule has 134 valence electrons. The van der Waals surface area contributed by atoms with Crippen LogP contribution in [0.2, 0.25) is 0 Å². The zero-order valence-corrected chi connectivity index (χ0v) is 15.1. The van der Waals surface area contributed by atoms with Gasteiger partial charge in [-0.1, -0.05) is 6.07 Å². The zero-order valence-electron chi connectivity index (χ0n) is 14.3. The number of benzene rings is 2. The van der Waals surface area contributed by atoms with Crippen molar-refractivity contribution in [1.29, 1.82) is 0 Å². The second-order valence-electron chi connectivity index (χ2n) is 5.94. The third-order valence-corrected chi connectivity index (χ3v) is 3.67. The summed E-state index contributed by atoms with van der Waals surface area (Å²) in [6.45, 7) is 3.83. The van der Waals surface area contributed by atoms with Crippen LogP contribution in [0.3, 0.4) is 0 Å². The van der Waals surface area contributed by atoms with Gasteiger partial charge in [0.05, 0.1) is 17.1 Å². The maximum atomic E-state index is 12.4. The van der Waals surface area contributed by atoms with Gasteiger partial charge in [-0.15, -0.1) is 0 Å². The Kier molecular flexibility index (Phi) is 5.04. The lowest BCUT2D eigenvalue weighted by Crippen LogP contribution is -2.34. The van der Waals surface area contributed by atoms with Gasteiger partial charge in [0.15, 0.2) is 5.11 Å². The van der Waals surface area contributed by atoms with E-state index < -0.39 is 0 Å². The van der Waals surface area contributed by atoms with Crippen LogP contribution in [0, 0.1) is 0 Å². The summed E-state index contributed by atoms with van der Waals surface area (Å²) in [6.07, 6.45) is 0.0193. The fourth-order valence-corrected chi connectivity index (χ4v) is 2.64. The van der Waals surface area contributed by atoms with Gasteiger partial charge in [0, 0.05) is 11.3 Å². The van der Waals surface area contributed by atoms with Crippen molar-refractivity contribution in [3.05, 3.63) is 58.5 Å². The molecule has 8 heteroatoms. The molecule has 0 unspecified atom stereocenters. The summed E-state index contributed by atoms with van der Waals surface area (Å²) in [5.41, 5.74) is 2.15. The summed E-state index contributed by atoms with van der Waals surface area (Å²) in [4.78, 5) is 29.0. The molecule has 0 fully saturated rings. The fraction of sp³-hybridized carbons (Fsp3) is 0.167. The zero-order chi connectivity index (χ0) is 18.7. The maximum absolute atomic E-state index is 12.4. The average Bonchev–Trinajstić information content (AvgIpc) is 2.93. The number of aromatic amines is 2. The molecule has 2 aromatic carbocycles. The van der Waals surface area contributed by atoms with Gasteiger partial charge in [0.25, 0.3) is 5.91 Å². The van der Waals surface area contributed by atoms with Crippen LogP contribution < -0.4 is 21.1 Å². The van der Waals surface area contributed by atoms with Crippen LogP contribution in [0.4, 0.5) is 5.69 Å². The number of carbonyl (C=O) groups is 1. The number of H-pyrrole nitrogens is 2. The predicted octanol–water partition coefficient (Wildman–Crippen LogP) is 2.77. The fourth-order valence-electron chi connectivity index (χ4n) is 2.43. The highest BCUT2D eigenvalue weighted by Crippen LogP contribution is 2.16. The standard InChI is InChI=1S/C18H18N4O3S/c1-10(2)25-13-5-3-4-11(8-13)16(23)22-18(26)19-12-6-7-14-15(9-12)21-17(24)20-14/h3-10H,1-2H3,(H2,20,21,24)(H2,19,22,23,26). The third kappa shape index (κ3) is 4.28. The maximum Gasteiger partial charge on any atom is 0.323 e. The first-order valence-electron chi connectivity index (χ1n) is 8.02. The second kappa shape index (κ2) is 7.40. The molecule has 1 aromatic heterocycles. The van der Waals surface area contributed by atoms with Gasteiger partial charge in [-0.05, 0) is 62.5 Å². The van der Waals surface area contributed by atoms with E-state index in [9.17, 15) is 9.59 Å². The van der Waals surface area contributed by atoms with Crippen molar-refractivity contribution < 1.29 is 9.53 Å². The lowest BCUT2D eigenvalue weighted by molar-refractivity contribution is 0.0977. The first-order chi connectivity index (χ1) is 12.4. The molecule has 4 N–H and O–H groups in total. The largest absolute Gasteiger partial charge is 0.491 e. The number of nitrogens with one attached hydrogen (secondary N) is 4. The molecular weight excluding hydrogens is 352 g/mol. The van der Waals surface area contributed by atoms with E-state index in [0.717, 1.165) is 0 Å². The number of thiocarbonyl (C=S) groups is 1. The van der Waals surface area contributed by atoms with E-state index >= 15 is 0 Å². The average molecular weight is 370 g/mol. The Balaban J connectivity index is 1.66. The molecule has 26 heavy (non-hydrogen) atoms. The molecule has 1 amide bonds. The number of aromatic nitrogens is 2. The van der Waals surface area contributed by atoms with Gasteiger partial charge < -0.3 is 20.0 Å². The molecule has 7 nitrogen and oxygen atoms in total. The van der Waals surface area contributed by atoms with E-state index in [1.807, 2.05) is 13.8 Å². The van der Waals surface area contributed by atoms with Gasteiger partial charge in [-0.2, -0.15) is 0 Å². The van der Waals surface area contributed by atoms with E-state index in [1.54, 1.807) is 42.5 Å². The predicted molar refractivity (Wildman–Crippen MR) is 105 cm³/mol. The number of fused-ring (bicyclic) bond motifs is 1. The highest BCUT2D eigenvalue weighted by Gasteiger charge is 2.10. The van der Waals surface area contributed by atoms with E-state index in [1.165, 1.54) is 0 Å². The monoisotopic (exact) mass is 370 g/mol. The van der Waals surface area contributed by atoms with Gasteiger partial charge in [0.1, 0.15) is 5.75 Å². The third-order valence-electron chi connectivity index (χ3n) is 3.47. The number of carbonyl (C=O) groups excluding carboxylic acids is 1. The van der Waals surface area contributed by atoms with Gasteiger partial charge in [0.2, 0.25) is 0 Å². The molecule has 0 saturated carbocycles. The minimum Gasteiger partial charge on any atom is -0.491 e. The Bertz CT molecular complexity index is 1020. The minimum absolute atomic E-state index is 0.0193. The molecule has 3 aromatic rings. The van der Waals surface area contributed by atoms with E-state index in [4.69, 9.17) is 17.0 Å². The molecule has 0 atom stereocenters. The number of imidazole rings is 1.